The van der Waals surface area contributed by atoms with E-state index < -0.39 is 0 Å². The lowest BCUT2D eigenvalue weighted by molar-refractivity contribution is 0.213. The third kappa shape index (κ3) is 2.55. The van der Waals surface area contributed by atoms with Crippen molar-refractivity contribution >= 4 is 0 Å². The molecule has 0 saturated carbocycles. The van der Waals surface area contributed by atoms with Gasteiger partial charge in [0.25, 0.3) is 0 Å². The van der Waals surface area contributed by atoms with E-state index in [0.29, 0.717) is 11.8 Å². The van der Waals surface area contributed by atoms with Gasteiger partial charge in [-0.2, -0.15) is 0 Å². The number of nitrogens with one attached hydrogen (secondary N) is 1. The number of rotatable bonds is 3. The molecular formula is C12H15N5O. The van der Waals surface area contributed by atoms with Crippen LogP contribution in [0, 0.1) is 0 Å². The quantitative estimate of drug-likeness (QED) is 0.851. The molecule has 94 valence electrons. The summed E-state index contributed by atoms with van der Waals surface area (Å²) in [5.74, 6) is 1.20. The van der Waals surface area contributed by atoms with E-state index in [-0.39, 0.29) is 0 Å². The third-order valence-corrected chi connectivity index (χ3v) is 2.94. The van der Waals surface area contributed by atoms with E-state index in [1.807, 2.05) is 12.1 Å². The summed E-state index contributed by atoms with van der Waals surface area (Å²) in [5, 5.41) is 11.4. The fraction of sp³-hybridized carbons (Fsp3) is 0.417. The Labute approximate surface area is 105 Å². The molecule has 0 unspecified atom stereocenters. The van der Waals surface area contributed by atoms with Crippen molar-refractivity contribution < 1.29 is 4.42 Å². The molecule has 3 heterocycles. The van der Waals surface area contributed by atoms with Crippen molar-refractivity contribution in [3.8, 4) is 11.5 Å². The van der Waals surface area contributed by atoms with Gasteiger partial charge in [0.1, 0.15) is 0 Å². The summed E-state index contributed by atoms with van der Waals surface area (Å²) in [4.78, 5) is 6.34. The average Bonchev–Trinajstić information content (AvgIpc) is 2.89. The van der Waals surface area contributed by atoms with Crippen LogP contribution in [0.3, 0.4) is 0 Å². The van der Waals surface area contributed by atoms with E-state index in [0.717, 1.165) is 38.3 Å². The zero-order valence-electron chi connectivity index (χ0n) is 10.0. The molecule has 0 aromatic carbocycles. The lowest BCUT2D eigenvalue weighted by Gasteiger charge is -2.25. The molecule has 18 heavy (non-hydrogen) atoms. The van der Waals surface area contributed by atoms with Crippen molar-refractivity contribution in [2.75, 3.05) is 26.2 Å². The van der Waals surface area contributed by atoms with Crippen LogP contribution >= 0.6 is 0 Å². The van der Waals surface area contributed by atoms with Crippen molar-refractivity contribution in [3.63, 3.8) is 0 Å². The smallest absolute Gasteiger partial charge is 0.249 e. The second-order valence-corrected chi connectivity index (χ2v) is 4.27. The van der Waals surface area contributed by atoms with Gasteiger partial charge >= 0.3 is 0 Å². The summed E-state index contributed by atoms with van der Waals surface area (Å²) >= 11 is 0. The minimum absolute atomic E-state index is 0.535. The normalized spacial score (nSPS) is 16.9. The Morgan fingerprint density at radius 2 is 2.17 bits per heavy atom. The predicted molar refractivity (Wildman–Crippen MR) is 65.7 cm³/mol. The van der Waals surface area contributed by atoms with Gasteiger partial charge in [-0.3, -0.25) is 9.88 Å². The first kappa shape index (κ1) is 11.3. The molecular weight excluding hydrogens is 230 g/mol. The van der Waals surface area contributed by atoms with Crippen LogP contribution in [0.4, 0.5) is 0 Å². The Bertz CT molecular complexity index is 492. The van der Waals surface area contributed by atoms with Gasteiger partial charge in [0.2, 0.25) is 11.8 Å². The Morgan fingerprint density at radius 1 is 1.28 bits per heavy atom. The number of hydrogen-bond acceptors (Lipinski definition) is 6. The maximum absolute atomic E-state index is 5.65. The molecule has 0 atom stereocenters. The Kier molecular flexibility index (Phi) is 3.29. The summed E-state index contributed by atoms with van der Waals surface area (Å²) in [5.41, 5.74) is 0.858. The molecule has 1 aliphatic heterocycles. The third-order valence-electron chi connectivity index (χ3n) is 2.94. The molecule has 3 rings (SSSR count). The van der Waals surface area contributed by atoms with Gasteiger partial charge in [-0.1, -0.05) is 0 Å². The molecule has 1 N–H and O–H groups in total. The fourth-order valence-electron chi connectivity index (χ4n) is 1.98. The highest BCUT2D eigenvalue weighted by atomic mass is 16.4. The predicted octanol–water partition coefficient (Wildman–Crippen LogP) is 0.537. The second kappa shape index (κ2) is 5.24. The van der Waals surface area contributed by atoms with Crippen molar-refractivity contribution in [1.29, 1.82) is 0 Å². The fourth-order valence-corrected chi connectivity index (χ4v) is 1.98. The van der Waals surface area contributed by atoms with Crippen LogP contribution in [-0.4, -0.2) is 46.3 Å². The number of pyridine rings is 1. The first-order valence-corrected chi connectivity index (χ1v) is 6.08. The van der Waals surface area contributed by atoms with Crippen LogP contribution < -0.4 is 5.32 Å². The molecule has 2 aromatic rings. The van der Waals surface area contributed by atoms with Gasteiger partial charge in [0.05, 0.1) is 12.1 Å². The zero-order chi connectivity index (χ0) is 12.2. The van der Waals surface area contributed by atoms with Gasteiger partial charge in [-0.25, -0.2) is 0 Å². The molecule has 0 bridgehead atoms. The van der Waals surface area contributed by atoms with Crippen molar-refractivity contribution in [3.05, 3.63) is 30.4 Å². The van der Waals surface area contributed by atoms with E-state index in [1.54, 1.807) is 12.4 Å². The summed E-state index contributed by atoms with van der Waals surface area (Å²) < 4.78 is 5.65. The van der Waals surface area contributed by atoms with Crippen LogP contribution in [0.5, 0.6) is 0 Å². The average molecular weight is 245 g/mol. The second-order valence-electron chi connectivity index (χ2n) is 4.27. The van der Waals surface area contributed by atoms with E-state index in [9.17, 15) is 0 Å². The molecule has 0 amide bonds. The number of nitrogens with zero attached hydrogens (tertiary/aromatic N) is 4. The monoisotopic (exact) mass is 245 g/mol. The highest BCUT2D eigenvalue weighted by Gasteiger charge is 2.14. The molecule has 6 heteroatoms. The van der Waals surface area contributed by atoms with E-state index >= 15 is 0 Å². The van der Waals surface area contributed by atoms with Gasteiger partial charge in [0, 0.05) is 38.6 Å². The van der Waals surface area contributed by atoms with Crippen LogP contribution in [0.15, 0.2) is 28.9 Å². The first-order chi connectivity index (χ1) is 8.92. The van der Waals surface area contributed by atoms with Gasteiger partial charge < -0.3 is 9.73 Å². The number of hydrogen-bond donors (Lipinski definition) is 1. The maximum atomic E-state index is 5.65. The van der Waals surface area contributed by atoms with Gasteiger partial charge in [-0.15, -0.1) is 10.2 Å². The largest absolute Gasteiger partial charge is 0.419 e. The number of aromatic nitrogens is 3. The standard InChI is InChI=1S/C12H15N5O/c1-2-10(8-14-3-1)12-16-15-11(18-12)9-17-6-4-13-5-7-17/h1-3,8,13H,4-7,9H2. The highest BCUT2D eigenvalue weighted by Crippen LogP contribution is 2.16. The molecule has 6 nitrogen and oxygen atoms in total. The van der Waals surface area contributed by atoms with Crippen molar-refractivity contribution in [1.82, 2.24) is 25.4 Å². The summed E-state index contributed by atoms with van der Waals surface area (Å²) in [6.45, 7) is 4.79. The van der Waals surface area contributed by atoms with Crippen molar-refractivity contribution in [2.45, 2.75) is 6.54 Å². The highest BCUT2D eigenvalue weighted by molar-refractivity contribution is 5.49. The molecule has 0 radical (unpaired) electrons. The van der Waals surface area contributed by atoms with Gasteiger partial charge in [-0.05, 0) is 12.1 Å². The topological polar surface area (TPSA) is 67.1 Å². The van der Waals surface area contributed by atoms with Crippen LogP contribution in [0.1, 0.15) is 5.89 Å². The molecule has 1 saturated heterocycles. The van der Waals surface area contributed by atoms with Crippen LogP contribution in [0.2, 0.25) is 0 Å². The molecule has 1 fully saturated rings. The lowest BCUT2D eigenvalue weighted by Crippen LogP contribution is -2.42. The minimum atomic E-state index is 0.535. The van der Waals surface area contributed by atoms with Crippen molar-refractivity contribution in [2.24, 2.45) is 0 Å². The minimum Gasteiger partial charge on any atom is -0.419 e. The molecule has 2 aromatic heterocycles. The molecule has 1 aliphatic rings. The summed E-state index contributed by atoms with van der Waals surface area (Å²) in [7, 11) is 0. The number of piperazine rings is 1. The van der Waals surface area contributed by atoms with E-state index in [4.69, 9.17) is 4.42 Å². The first-order valence-electron chi connectivity index (χ1n) is 6.08. The Balaban J connectivity index is 1.69. The Morgan fingerprint density at radius 3 is 2.94 bits per heavy atom. The maximum Gasteiger partial charge on any atom is 0.249 e. The van der Waals surface area contributed by atoms with Crippen LogP contribution in [0.25, 0.3) is 11.5 Å². The zero-order valence-corrected chi connectivity index (χ0v) is 10.0. The lowest BCUT2D eigenvalue weighted by atomic mass is 10.3. The summed E-state index contributed by atoms with van der Waals surface area (Å²) in [6.07, 6.45) is 3.45. The van der Waals surface area contributed by atoms with Crippen LogP contribution in [-0.2, 0) is 6.54 Å². The van der Waals surface area contributed by atoms with E-state index in [1.165, 1.54) is 0 Å². The molecule has 0 aliphatic carbocycles. The van der Waals surface area contributed by atoms with E-state index in [2.05, 4.69) is 25.4 Å². The SMILES string of the molecule is c1cncc(-c2nnc(CN3CCNCC3)o2)c1. The Hall–Kier alpha value is -1.79. The summed E-state index contributed by atoms with van der Waals surface area (Å²) in [6, 6.07) is 3.77. The van der Waals surface area contributed by atoms with Gasteiger partial charge in [0.15, 0.2) is 0 Å². The molecule has 0 spiro atoms.